The summed E-state index contributed by atoms with van der Waals surface area (Å²) in [7, 11) is -2.98. The van der Waals surface area contributed by atoms with E-state index in [0.717, 1.165) is 36.1 Å². The first-order valence-electron chi connectivity index (χ1n) is 14.5. The van der Waals surface area contributed by atoms with Crippen molar-refractivity contribution in [1.82, 2.24) is 9.88 Å². The number of nitrogens with zero attached hydrogens (tertiary/aromatic N) is 1. The summed E-state index contributed by atoms with van der Waals surface area (Å²) in [5.41, 5.74) is 5.16. The number of amides is 1. The first kappa shape index (κ1) is 27.4. The van der Waals surface area contributed by atoms with E-state index in [1.54, 1.807) is 0 Å². The van der Waals surface area contributed by atoms with Crippen molar-refractivity contribution in [1.29, 1.82) is 0 Å². The van der Waals surface area contributed by atoms with Gasteiger partial charge in [0.25, 0.3) is 5.91 Å². The topological polar surface area (TPSA) is 88.4 Å². The first-order chi connectivity index (χ1) is 17.8. The number of rotatable bonds is 7. The summed E-state index contributed by atoms with van der Waals surface area (Å²) >= 11 is 0. The lowest BCUT2D eigenvalue weighted by atomic mass is 9.85. The van der Waals surface area contributed by atoms with Crippen molar-refractivity contribution in [3.63, 3.8) is 0 Å². The molecule has 1 saturated heterocycles. The van der Waals surface area contributed by atoms with Gasteiger partial charge in [0.2, 0.25) is 0 Å². The fourth-order valence-electron chi connectivity index (χ4n) is 6.24. The highest BCUT2D eigenvalue weighted by Gasteiger charge is 2.40. The molecule has 1 aromatic carbocycles. The molecule has 0 radical (unpaired) electrons. The molecule has 2 heterocycles. The fraction of sp³-hybridized carbons (Fsp3) is 0.645. The number of carbonyl (C=O) groups is 1. The van der Waals surface area contributed by atoms with Crippen LogP contribution in [0.3, 0.4) is 0 Å². The smallest absolute Gasteiger partial charge is 0.253 e. The van der Waals surface area contributed by atoms with Gasteiger partial charge in [0.15, 0.2) is 0 Å². The summed E-state index contributed by atoms with van der Waals surface area (Å²) < 4.78 is 25.9. The first-order valence-corrected chi connectivity index (χ1v) is 16.3. The monoisotopic (exact) mass is 540 g/mol. The van der Waals surface area contributed by atoms with Crippen LogP contribution in [-0.2, 0) is 27.3 Å². The average Bonchev–Trinajstić information content (AvgIpc) is 3.54. The maximum absolute atomic E-state index is 13.5. The SMILES string of the molecule is Cc1c(C(=O)NC2CCS(=O)(=O)CC2)cn(-c2cc(C(C)(C)O)cc(C3(C)CC3)c2)c1CC1CCCCC1. The van der Waals surface area contributed by atoms with Crippen molar-refractivity contribution in [3.8, 4) is 5.69 Å². The second-order valence-electron chi connectivity index (χ2n) is 13.0. The number of hydrogen-bond acceptors (Lipinski definition) is 4. The summed E-state index contributed by atoms with van der Waals surface area (Å²) in [5, 5.41) is 14.1. The molecule has 0 atom stereocenters. The van der Waals surface area contributed by atoms with Gasteiger partial charge in [0.05, 0.1) is 22.7 Å². The zero-order valence-corrected chi connectivity index (χ0v) is 24.3. The number of sulfone groups is 1. The molecule has 2 aromatic rings. The van der Waals surface area contributed by atoms with Crippen molar-refractivity contribution < 1.29 is 18.3 Å². The van der Waals surface area contributed by atoms with E-state index in [4.69, 9.17) is 0 Å². The Morgan fingerprint density at radius 3 is 2.34 bits per heavy atom. The van der Waals surface area contributed by atoms with Gasteiger partial charge in [-0.15, -0.1) is 0 Å². The second-order valence-corrected chi connectivity index (χ2v) is 15.3. The zero-order valence-electron chi connectivity index (χ0n) is 23.5. The van der Waals surface area contributed by atoms with E-state index < -0.39 is 15.4 Å². The molecule has 0 bridgehead atoms. The van der Waals surface area contributed by atoms with Crippen molar-refractivity contribution in [3.05, 3.63) is 52.3 Å². The maximum Gasteiger partial charge on any atom is 0.253 e. The summed E-state index contributed by atoms with van der Waals surface area (Å²) in [6.07, 6.45) is 12.4. The van der Waals surface area contributed by atoms with E-state index in [1.807, 2.05) is 20.0 Å². The highest BCUT2D eigenvalue weighted by Crippen LogP contribution is 2.49. The second kappa shape index (κ2) is 10.1. The van der Waals surface area contributed by atoms with Gasteiger partial charge in [-0.1, -0.05) is 45.1 Å². The Kier molecular flexibility index (Phi) is 7.31. The molecule has 208 valence electrons. The van der Waals surface area contributed by atoms with Crippen molar-refractivity contribution in [2.45, 2.75) is 109 Å². The lowest BCUT2D eigenvalue weighted by Crippen LogP contribution is -2.40. The Morgan fingerprint density at radius 2 is 1.74 bits per heavy atom. The van der Waals surface area contributed by atoms with Crippen molar-refractivity contribution in [2.24, 2.45) is 5.92 Å². The molecule has 3 aliphatic rings. The van der Waals surface area contributed by atoms with Gasteiger partial charge in [-0.3, -0.25) is 4.79 Å². The van der Waals surface area contributed by atoms with Gasteiger partial charge in [0.1, 0.15) is 9.84 Å². The van der Waals surface area contributed by atoms with Crippen LogP contribution in [0.1, 0.15) is 111 Å². The van der Waals surface area contributed by atoms with Gasteiger partial charge in [-0.05, 0) is 93.0 Å². The van der Waals surface area contributed by atoms with E-state index in [9.17, 15) is 18.3 Å². The molecule has 6 nitrogen and oxygen atoms in total. The fourth-order valence-corrected chi connectivity index (χ4v) is 7.73. The van der Waals surface area contributed by atoms with E-state index >= 15 is 0 Å². The summed E-state index contributed by atoms with van der Waals surface area (Å²) in [4.78, 5) is 13.5. The third-order valence-corrected chi connectivity index (χ3v) is 11.0. The molecular weight excluding hydrogens is 496 g/mol. The molecule has 0 spiro atoms. The third kappa shape index (κ3) is 5.89. The average molecular weight is 541 g/mol. The van der Waals surface area contributed by atoms with Crippen LogP contribution in [0.15, 0.2) is 24.4 Å². The number of benzene rings is 1. The predicted octanol–water partition coefficient (Wildman–Crippen LogP) is 5.49. The van der Waals surface area contributed by atoms with E-state index in [0.29, 0.717) is 24.3 Å². The van der Waals surface area contributed by atoms with Crippen molar-refractivity contribution in [2.75, 3.05) is 11.5 Å². The molecule has 1 aromatic heterocycles. The van der Waals surface area contributed by atoms with E-state index in [-0.39, 0.29) is 28.9 Å². The molecule has 0 unspecified atom stereocenters. The summed E-state index contributed by atoms with van der Waals surface area (Å²) in [6.45, 7) is 8.00. The van der Waals surface area contributed by atoms with Crippen LogP contribution in [0.4, 0.5) is 0 Å². The molecule has 38 heavy (non-hydrogen) atoms. The molecule has 3 fully saturated rings. The minimum Gasteiger partial charge on any atom is -0.386 e. The lowest BCUT2D eigenvalue weighted by molar-refractivity contribution is 0.0784. The summed E-state index contributed by atoms with van der Waals surface area (Å²) in [5.74, 6) is 0.753. The Balaban J connectivity index is 1.53. The minimum atomic E-state index is -2.98. The number of aromatic nitrogens is 1. The zero-order chi connectivity index (χ0) is 27.3. The van der Waals surface area contributed by atoms with Gasteiger partial charge < -0.3 is 15.0 Å². The van der Waals surface area contributed by atoms with Gasteiger partial charge in [-0.25, -0.2) is 8.42 Å². The maximum atomic E-state index is 13.5. The number of carbonyl (C=O) groups excluding carboxylic acids is 1. The van der Waals surface area contributed by atoms with Gasteiger partial charge >= 0.3 is 0 Å². The Hall–Kier alpha value is -2.12. The van der Waals surface area contributed by atoms with Crippen LogP contribution in [-0.4, -0.2) is 41.5 Å². The molecular formula is C31H44N2O4S. The normalized spacial score (nSPS) is 21.8. The van der Waals surface area contributed by atoms with Crippen LogP contribution in [0, 0.1) is 12.8 Å². The molecule has 2 N–H and O–H groups in total. The van der Waals surface area contributed by atoms with Crippen LogP contribution >= 0.6 is 0 Å². The molecule has 2 aliphatic carbocycles. The highest BCUT2D eigenvalue weighted by molar-refractivity contribution is 7.91. The number of aliphatic hydroxyl groups is 1. The minimum absolute atomic E-state index is 0.115. The molecule has 1 aliphatic heterocycles. The largest absolute Gasteiger partial charge is 0.386 e. The Bertz CT molecular complexity index is 1270. The van der Waals surface area contributed by atoms with E-state index in [1.165, 1.54) is 43.4 Å². The standard InChI is InChI=1S/C31H44N2O4S/c1-21-27(29(34)32-25-10-14-38(36,37)15-11-25)20-33(28(21)16-22-8-6-5-7-9-22)26-18-23(30(2,3)35)17-24(19-26)31(4)12-13-31/h17-20,22,25,35H,5-16H2,1-4H3,(H,32,34). The molecule has 1 amide bonds. The molecule has 7 heteroatoms. The van der Waals surface area contributed by atoms with Gasteiger partial charge in [0, 0.05) is 23.6 Å². The van der Waals surface area contributed by atoms with E-state index in [2.05, 4.69) is 41.9 Å². The summed E-state index contributed by atoms with van der Waals surface area (Å²) in [6, 6.07) is 6.36. The number of hydrogen-bond donors (Lipinski definition) is 2. The Morgan fingerprint density at radius 1 is 1.08 bits per heavy atom. The van der Waals surface area contributed by atoms with Gasteiger partial charge in [-0.2, -0.15) is 0 Å². The quantitative estimate of drug-likeness (QED) is 0.486. The van der Waals surface area contributed by atoms with Crippen LogP contribution in [0.5, 0.6) is 0 Å². The Labute approximate surface area is 228 Å². The van der Waals surface area contributed by atoms with Crippen LogP contribution in [0.2, 0.25) is 0 Å². The lowest BCUT2D eigenvalue weighted by Gasteiger charge is -2.25. The van der Waals surface area contributed by atoms with Crippen LogP contribution in [0.25, 0.3) is 5.69 Å². The number of nitrogens with one attached hydrogen (secondary N) is 1. The third-order valence-electron chi connectivity index (χ3n) is 9.33. The van der Waals surface area contributed by atoms with Crippen molar-refractivity contribution >= 4 is 15.7 Å². The molecule has 2 saturated carbocycles. The van der Waals surface area contributed by atoms with Crippen LogP contribution < -0.4 is 5.32 Å². The highest BCUT2D eigenvalue weighted by atomic mass is 32.2. The predicted molar refractivity (Wildman–Crippen MR) is 152 cm³/mol. The molecule has 5 rings (SSSR count).